The molecule has 3 heterocycles. The number of hydrogen-bond donors (Lipinski definition) is 1. The zero-order valence-corrected chi connectivity index (χ0v) is 22.9. The first-order valence-corrected chi connectivity index (χ1v) is 15.2. The van der Waals surface area contributed by atoms with Crippen LogP contribution >= 0.6 is 11.6 Å². The summed E-state index contributed by atoms with van der Waals surface area (Å²) in [5, 5.41) is 10.6. The first-order chi connectivity index (χ1) is 18.6. The van der Waals surface area contributed by atoms with Crippen molar-refractivity contribution in [2.24, 2.45) is 5.92 Å². The summed E-state index contributed by atoms with van der Waals surface area (Å²) in [7, 11) is 0. The fraction of sp³-hybridized carbons (Fsp3) is 0.562. The molecule has 2 aromatic carbocycles. The Hall–Kier alpha value is -2.21. The van der Waals surface area contributed by atoms with E-state index in [0.717, 1.165) is 43.6 Å². The summed E-state index contributed by atoms with van der Waals surface area (Å²) in [6.45, 7) is 2.64. The Balaban J connectivity index is 1.29. The third kappa shape index (κ3) is 3.88. The van der Waals surface area contributed by atoms with E-state index in [1.54, 1.807) is 6.07 Å². The van der Waals surface area contributed by atoms with E-state index in [4.69, 9.17) is 16.6 Å². The van der Waals surface area contributed by atoms with Gasteiger partial charge in [0.05, 0.1) is 27.0 Å². The van der Waals surface area contributed by atoms with Gasteiger partial charge in [0.15, 0.2) is 0 Å². The van der Waals surface area contributed by atoms with Crippen molar-refractivity contribution in [3.63, 3.8) is 0 Å². The fourth-order valence-corrected chi connectivity index (χ4v) is 8.51. The van der Waals surface area contributed by atoms with E-state index in [2.05, 4.69) is 27.7 Å². The van der Waals surface area contributed by atoms with Gasteiger partial charge in [0.25, 0.3) is 5.56 Å². The van der Waals surface area contributed by atoms with Gasteiger partial charge in [0.2, 0.25) is 0 Å². The van der Waals surface area contributed by atoms with Crippen LogP contribution in [0.5, 0.6) is 0 Å². The minimum Gasteiger partial charge on any atom is -0.396 e. The Bertz CT molecular complexity index is 1420. The number of benzene rings is 2. The lowest BCUT2D eigenvalue weighted by molar-refractivity contribution is 0.0884. The minimum atomic E-state index is -0.200. The zero-order valence-electron chi connectivity index (χ0n) is 22.2. The lowest BCUT2D eigenvalue weighted by Crippen LogP contribution is -2.44. The number of aromatic nitrogens is 2. The standard InChI is InChI=1S/C32H38ClN3O2/c33-26-7-4-8-27-29(26)30(38)34-31-32(15-2-1-3-16-32)25-14-11-22(18-28(25)36(27)31)23-6-5-17-35(19-23)24-12-9-21(20-37)10-13-24/h4,7-8,11,14,18,21,23-24,37H,1-3,5-6,9-10,12-13,15-17,19-20H2. The molecule has 6 heteroatoms. The van der Waals surface area contributed by atoms with Crippen LogP contribution in [0.2, 0.25) is 5.02 Å². The second-order valence-corrected chi connectivity index (χ2v) is 12.7. The largest absolute Gasteiger partial charge is 0.396 e. The molecule has 1 atom stereocenters. The van der Waals surface area contributed by atoms with Gasteiger partial charge in [0, 0.05) is 19.2 Å². The molecule has 1 aromatic heterocycles. The minimum absolute atomic E-state index is 0.175. The van der Waals surface area contributed by atoms with Crippen molar-refractivity contribution in [1.82, 2.24) is 14.5 Å². The number of rotatable bonds is 3. The monoisotopic (exact) mass is 531 g/mol. The van der Waals surface area contributed by atoms with Crippen LogP contribution in [0.3, 0.4) is 0 Å². The Morgan fingerprint density at radius 2 is 1.82 bits per heavy atom. The van der Waals surface area contributed by atoms with Gasteiger partial charge in [-0.2, -0.15) is 4.98 Å². The van der Waals surface area contributed by atoms with Gasteiger partial charge in [-0.3, -0.25) is 14.3 Å². The van der Waals surface area contributed by atoms with Gasteiger partial charge in [-0.15, -0.1) is 0 Å². The number of aliphatic hydroxyl groups excluding tert-OH is 1. The lowest BCUT2D eigenvalue weighted by Gasteiger charge is -2.41. The van der Waals surface area contributed by atoms with Gasteiger partial charge in [0.1, 0.15) is 5.82 Å². The predicted molar refractivity (Wildman–Crippen MR) is 153 cm³/mol. The Morgan fingerprint density at radius 1 is 1.00 bits per heavy atom. The Kier molecular flexibility index (Phi) is 6.37. The number of hydrogen-bond acceptors (Lipinski definition) is 4. The molecular weight excluding hydrogens is 494 g/mol. The average molecular weight is 532 g/mol. The highest BCUT2D eigenvalue weighted by molar-refractivity contribution is 6.35. The van der Waals surface area contributed by atoms with E-state index in [0.29, 0.717) is 34.9 Å². The number of aliphatic hydroxyl groups is 1. The van der Waals surface area contributed by atoms with E-state index in [1.165, 1.54) is 68.3 Å². The van der Waals surface area contributed by atoms with Crippen LogP contribution in [0.15, 0.2) is 41.2 Å². The Labute approximate surface area is 229 Å². The van der Waals surface area contributed by atoms with Gasteiger partial charge in [-0.25, -0.2) is 0 Å². The third-order valence-electron chi connectivity index (χ3n) is 10.3. The van der Waals surface area contributed by atoms with Crippen LogP contribution in [-0.4, -0.2) is 45.3 Å². The third-order valence-corrected chi connectivity index (χ3v) is 10.6. The molecule has 5 nitrogen and oxygen atoms in total. The second kappa shape index (κ2) is 9.76. The molecule has 38 heavy (non-hydrogen) atoms. The van der Waals surface area contributed by atoms with Crippen LogP contribution in [-0.2, 0) is 5.41 Å². The van der Waals surface area contributed by atoms with Crippen LogP contribution < -0.4 is 5.56 Å². The maximum Gasteiger partial charge on any atom is 0.282 e. The summed E-state index contributed by atoms with van der Waals surface area (Å²) in [5.41, 5.74) is 4.47. The first kappa shape index (κ1) is 24.8. The van der Waals surface area contributed by atoms with Gasteiger partial charge in [-0.05, 0) is 99.1 Å². The van der Waals surface area contributed by atoms with E-state index in [1.807, 2.05) is 12.1 Å². The summed E-state index contributed by atoms with van der Waals surface area (Å²) in [6, 6.07) is 13.6. The van der Waals surface area contributed by atoms with Gasteiger partial charge < -0.3 is 5.11 Å². The molecule has 1 N–H and O–H groups in total. The fourth-order valence-electron chi connectivity index (χ4n) is 8.26. The van der Waals surface area contributed by atoms with Crippen LogP contribution in [0.1, 0.15) is 93.5 Å². The number of nitrogens with zero attached hydrogens (tertiary/aromatic N) is 3. The molecule has 200 valence electrons. The molecular formula is C32H38ClN3O2. The van der Waals surface area contributed by atoms with Crippen molar-refractivity contribution >= 4 is 22.5 Å². The smallest absolute Gasteiger partial charge is 0.282 e. The second-order valence-electron chi connectivity index (χ2n) is 12.3. The van der Waals surface area contributed by atoms with E-state index in [-0.39, 0.29) is 11.0 Å². The van der Waals surface area contributed by atoms with Gasteiger partial charge in [-0.1, -0.05) is 49.1 Å². The Morgan fingerprint density at radius 3 is 2.61 bits per heavy atom. The maximum absolute atomic E-state index is 13.2. The molecule has 2 aliphatic carbocycles. The average Bonchev–Trinajstić information content (AvgIpc) is 3.21. The highest BCUT2D eigenvalue weighted by Crippen LogP contribution is 2.52. The van der Waals surface area contributed by atoms with Crippen molar-refractivity contribution in [2.75, 3.05) is 19.7 Å². The molecule has 7 rings (SSSR count). The van der Waals surface area contributed by atoms with Crippen molar-refractivity contribution in [3.8, 4) is 5.69 Å². The summed E-state index contributed by atoms with van der Waals surface area (Å²) < 4.78 is 2.28. The molecule has 2 aliphatic heterocycles. The van der Waals surface area contributed by atoms with Crippen molar-refractivity contribution in [2.45, 2.75) is 88.0 Å². The van der Waals surface area contributed by atoms with Crippen LogP contribution in [0.25, 0.3) is 16.6 Å². The van der Waals surface area contributed by atoms with Gasteiger partial charge >= 0.3 is 0 Å². The molecule has 4 aliphatic rings. The van der Waals surface area contributed by atoms with E-state index < -0.39 is 0 Å². The SMILES string of the molecule is O=c1nc2n(c3cccc(Cl)c13)-c1cc(C3CCCN(C4CCC(CO)CC4)C3)ccc1C21CCCCC1. The molecule has 1 unspecified atom stereocenters. The molecule has 1 spiro atoms. The topological polar surface area (TPSA) is 58.4 Å². The van der Waals surface area contributed by atoms with Crippen LogP contribution in [0.4, 0.5) is 0 Å². The first-order valence-electron chi connectivity index (χ1n) is 14.8. The molecule has 0 radical (unpaired) electrons. The summed E-state index contributed by atoms with van der Waals surface area (Å²) >= 11 is 6.56. The number of halogens is 1. The lowest BCUT2D eigenvalue weighted by atomic mass is 9.69. The van der Waals surface area contributed by atoms with Crippen LogP contribution in [0, 0.1) is 5.92 Å². The highest BCUT2D eigenvalue weighted by Gasteiger charge is 2.46. The highest BCUT2D eigenvalue weighted by atomic mass is 35.5. The predicted octanol–water partition coefficient (Wildman–Crippen LogP) is 6.33. The molecule has 0 amide bonds. The van der Waals surface area contributed by atoms with Crippen molar-refractivity contribution in [3.05, 3.63) is 68.7 Å². The maximum atomic E-state index is 13.2. The molecule has 1 saturated heterocycles. The summed E-state index contributed by atoms with van der Waals surface area (Å²) in [4.78, 5) is 20.7. The number of piperidine rings is 1. The van der Waals surface area contributed by atoms with E-state index >= 15 is 0 Å². The van der Waals surface area contributed by atoms with Crippen molar-refractivity contribution < 1.29 is 5.11 Å². The zero-order chi connectivity index (χ0) is 25.9. The summed E-state index contributed by atoms with van der Waals surface area (Å²) in [6.07, 6.45) is 12.9. The molecule has 2 saturated carbocycles. The number of likely N-dealkylation sites (tertiary alicyclic amines) is 1. The molecule has 3 fully saturated rings. The van der Waals surface area contributed by atoms with Crippen molar-refractivity contribution in [1.29, 1.82) is 0 Å². The molecule has 3 aromatic rings. The number of fused-ring (bicyclic) bond motifs is 7. The summed E-state index contributed by atoms with van der Waals surface area (Å²) in [5.74, 6) is 1.94. The quantitative estimate of drug-likeness (QED) is 0.429. The van der Waals surface area contributed by atoms with E-state index in [9.17, 15) is 9.90 Å². The normalized spacial score (nSPS) is 26.9. The molecule has 0 bridgehead atoms.